The molecule has 0 aliphatic carbocycles. The van der Waals surface area contributed by atoms with Crippen LogP contribution in [0.25, 0.3) is 19.5 Å². The Morgan fingerprint density at radius 3 is 1.61 bits per heavy atom. The van der Waals surface area contributed by atoms with Crippen molar-refractivity contribution in [1.29, 1.82) is 0 Å². The Kier molecular flexibility index (Phi) is 11.4. The number of rotatable bonds is 14. The van der Waals surface area contributed by atoms with E-state index in [9.17, 15) is 9.59 Å². The molecule has 3 aromatic rings. The first kappa shape index (κ1) is 33.4. The molecule has 226 valence electrons. The Morgan fingerprint density at radius 2 is 1.22 bits per heavy atom. The summed E-state index contributed by atoms with van der Waals surface area (Å²) >= 11 is 5.40. The summed E-state index contributed by atoms with van der Waals surface area (Å²) in [5.41, 5.74) is 8.03. The maximum absolute atomic E-state index is 11.1. The van der Waals surface area contributed by atoms with Crippen molar-refractivity contribution < 1.29 is 29.3 Å². The van der Waals surface area contributed by atoms with Crippen molar-refractivity contribution in [3.8, 4) is 19.5 Å². The zero-order chi connectivity index (χ0) is 30.5. The lowest BCUT2D eigenvalue weighted by molar-refractivity contribution is -0.143. The van der Waals surface area contributed by atoms with Gasteiger partial charge in [-0.2, -0.15) is 0 Å². The third-order valence-corrected chi connectivity index (χ3v) is 11.2. The number of hydrogen-bond acceptors (Lipinski definition) is 8. The molecule has 0 saturated heterocycles. The third-order valence-electron chi connectivity index (χ3n) is 6.59. The fraction of sp³-hybridized carbons (Fsp3) is 0.548. The second-order valence-corrected chi connectivity index (χ2v) is 15.6. The number of aliphatic carboxylic acids is 2. The van der Waals surface area contributed by atoms with E-state index in [1.54, 1.807) is 29.6 Å². The predicted molar refractivity (Wildman–Crippen MR) is 170 cm³/mol. The lowest BCUT2D eigenvalue weighted by Crippen LogP contribution is -2.35. The van der Waals surface area contributed by atoms with Crippen LogP contribution >= 0.6 is 34.0 Å². The monoisotopic (exact) mass is 621 g/mol. The lowest BCUT2D eigenvalue weighted by atomic mass is 9.94. The van der Waals surface area contributed by atoms with Crippen LogP contribution in [0.15, 0.2) is 24.3 Å². The van der Waals surface area contributed by atoms with Gasteiger partial charge in [0.1, 0.15) is 6.04 Å². The standard InChI is InChI=1S/C31H43NO6S3/c1-18(28(33)34)16-37-12-10-19-14-24(30(2,3)4)40-26(19)22-8-9-23(39-22)27-20(15-25(41-27)31(5,6)7)11-13-38-17-21(32)29(35)36/h8-9,14-15,18,21H,10-13,16-17,32H2,1-7H3,(H,33,34)(H,35,36). The summed E-state index contributed by atoms with van der Waals surface area (Å²) in [5.74, 6) is -2.44. The van der Waals surface area contributed by atoms with E-state index in [0.717, 1.165) is 6.42 Å². The van der Waals surface area contributed by atoms with Gasteiger partial charge in [0.05, 0.1) is 32.3 Å². The molecular weight excluding hydrogens is 579 g/mol. The highest BCUT2D eigenvalue weighted by Gasteiger charge is 2.24. The molecule has 0 amide bonds. The average molecular weight is 622 g/mol. The van der Waals surface area contributed by atoms with Gasteiger partial charge in [-0.25, -0.2) is 0 Å². The maximum Gasteiger partial charge on any atom is 0.322 e. The fourth-order valence-corrected chi connectivity index (χ4v) is 7.78. The Morgan fingerprint density at radius 1 is 0.780 bits per heavy atom. The molecule has 0 aliphatic rings. The van der Waals surface area contributed by atoms with Gasteiger partial charge in [-0.05, 0) is 66.0 Å². The molecular formula is C31H43NO6S3. The second kappa shape index (κ2) is 13.9. The smallest absolute Gasteiger partial charge is 0.322 e. The zero-order valence-corrected chi connectivity index (χ0v) is 27.5. The first-order valence-electron chi connectivity index (χ1n) is 13.8. The number of nitrogens with two attached hydrogens (primary N) is 1. The van der Waals surface area contributed by atoms with E-state index < -0.39 is 23.9 Å². The number of carboxylic acids is 2. The summed E-state index contributed by atoms with van der Waals surface area (Å²) in [5, 5.41) is 18.2. The van der Waals surface area contributed by atoms with E-state index in [0.29, 0.717) is 19.6 Å². The number of carboxylic acid groups (broad SMARTS) is 2. The molecule has 3 heterocycles. The van der Waals surface area contributed by atoms with Crippen LogP contribution in [-0.2, 0) is 42.7 Å². The van der Waals surface area contributed by atoms with Crippen molar-refractivity contribution in [2.45, 2.75) is 78.2 Å². The molecule has 10 heteroatoms. The molecule has 7 nitrogen and oxygen atoms in total. The number of ether oxygens (including phenoxy) is 2. The highest BCUT2D eigenvalue weighted by molar-refractivity contribution is 7.26. The molecule has 0 radical (unpaired) electrons. The van der Waals surface area contributed by atoms with Crippen LogP contribution in [0, 0.1) is 5.92 Å². The van der Waals surface area contributed by atoms with Gasteiger partial charge in [0, 0.05) is 29.3 Å². The minimum absolute atomic E-state index is 0.00490. The molecule has 3 rings (SSSR count). The summed E-state index contributed by atoms with van der Waals surface area (Å²) in [7, 11) is 0. The highest BCUT2D eigenvalue weighted by atomic mass is 32.1. The predicted octanol–water partition coefficient (Wildman–Crippen LogP) is 7.05. The van der Waals surface area contributed by atoms with Crippen LogP contribution in [0.4, 0.5) is 0 Å². The molecule has 0 saturated carbocycles. The molecule has 41 heavy (non-hydrogen) atoms. The summed E-state index contributed by atoms with van der Waals surface area (Å²) in [6.45, 7) is 16.0. The van der Waals surface area contributed by atoms with Crippen LogP contribution in [-0.4, -0.2) is 54.6 Å². The lowest BCUT2D eigenvalue weighted by Gasteiger charge is -2.15. The summed E-state index contributed by atoms with van der Waals surface area (Å²) in [6, 6.07) is 7.89. The first-order chi connectivity index (χ1) is 19.1. The van der Waals surface area contributed by atoms with E-state index in [1.165, 1.54) is 40.4 Å². The summed E-state index contributed by atoms with van der Waals surface area (Å²) < 4.78 is 11.3. The number of hydrogen-bond donors (Lipinski definition) is 3. The molecule has 4 N–H and O–H groups in total. The maximum atomic E-state index is 11.1. The van der Waals surface area contributed by atoms with Crippen molar-refractivity contribution in [3.05, 3.63) is 45.1 Å². The average Bonchev–Trinajstić information content (AvgIpc) is 3.61. The minimum atomic E-state index is -1.06. The summed E-state index contributed by atoms with van der Waals surface area (Å²) in [6.07, 6.45) is 1.39. The largest absolute Gasteiger partial charge is 0.481 e. The topological polar surface area (TPSA) is 119 Å². The van der Waals surface area contributed by atoms with Crippen LogP contribution in [0.5, 0.6) is 0 Å². The van der Waals surface area contributed by atoms with Gasteiger partial charge < -0.3 is 25.4 Å². The Hall–Kier alpha value is -2.08. The van der Waals surface area contributed by atoms with Gasteiger partial charge in [-0.15, -0.1) is 34.0 Å². The first-order valence-corrected chi connectivity index (χ1v) is 16.3. The van der Waals surface area contributed by atoms with Crippen LogP contribution in [0.3, 0.4) is 0 Å². The Bertz CT molecular complexity index is 1230. The number of thiophene rings is 3. The van der Waals surface area contributed by atoms with Gasteiger partial charge in [-0.3, -0.25) is 9.59 Å². The van der Waals surface area contributed by atoms with E-state index in [4.69, 9.17) is 25.4 Å². The Labute approximate surface area is 255 Å². The zero-order valence-electron chi connectivity index (χ0n) is 25.0. The van der Waals surface area contributed by atoms with Crippen LogP contribution < -0.4 is 5.73 Å². The van der Waals surface area contributed by atoms with E-state index in [2.05, 4.69) is 65.8 Å². The van der Waals surface area contributed by atoms with E-state index >= 15 is 0 Å². The van der Waals surface area contributed by atoms with Crippen molar-refractivity contribution in [2.24, 2.45) is 11.7 Å². The van der Waals surface area contributed by atoms with Gasteiger partial charge >= 0.3 is 11.9 Å². The van der Waals surface area contributed by atoms with Gasteiger partial charge in [0.15, 0.2) is 0 Å². The third kappa shape index (κ3) is 9.20. The molecule has 0 bridgehead atoms. The quantitative estimate of drug-likeness (QED) is 0.165. The second-order valence-electron chi connectivity index (χ2n) is 12.4. The van der Waals surface area contributed by atoms with E-state index in [1.807, 2.05) is 11.3 Å². The molecule has 0 aromatic carbocycles. The normalized spacial score (nSPS) is 13.9. The Balaban J connectivity index is 1.86. The van der Waals surface area contributed by atoms with Crippen molar-refractivity contribution in [2.75, 3.05) is 26.4 Å². The summed E-state index contributed by atoms with van der Waals surface area (Å²) in [4.78, 5) is 29.6. The molecule has 2 atom stereocenters. The molecule has 2 unspecified atom stereocenters. The van der Waals surface area contributed by atoms with E-state index in [-0.39, 0.29) is 24.0 Å². The van der Waals surface area contributed by atoms with Gasteiger partial charge in [0.2, 0.25) is 0 Å². The van der Waals surface area contributed by atoms with Gasteiger partial charge in [0.25, 0.3) is 0 Å². The van der Waals surface area contributed by atoms with Crippen LogP contribution in [0.2, 0.25) is 0 Å². The fourth-order valence-electron chi connectivity index (χ4n) is 3.94. The molecule has 0 spiro atoms. The van der Waals surface area contributed by atoms with Gasteiger partial charge in [-0.1, -0.05) is 41.5 Å². The van der Waals surface area contributed by atoms with Crippen molar-refractivity contribution in [3.63, 3.8) is 0 Å². The molecule has 0 fully saturated rings. The van der Waals surface area contributed by atoms with Crippen molar-refractivity contribution in [1.82, 2.24) is 0 Å². The minimum Gasteiger partial charge on any atom is -0.481 e. The number of carbonyl (C=O) groups is 2. The van der Waals surface area contributed by atoms with Crippen molar-refractivity contribution >= 4 is 45.9 Å². The SMILES string of the molecule is CC(COCCc1cc(C(C)(C)C)sc1-c1ccc(-c2sc(C(C)(C)C)cc2CCOCC(N)C(=O)O)s1)C(=O)O. The molecule has 0 aliphatic heterocycles. The molecule has 3 aromatic heterocycles. The van der Waals surface area contributed by atoms with Crippen LogP contribution in [0.1, 0.15) is 69.3 Å². The highest BCUT2D eigenvalue weighted by Crippen LogP contribution is 2.46.